The molecule has 0 spiro atoms. The van der Waals surface area contributed by atoms with Crippen molar-refractivity contribution in [3.8, 4) is 11.5 Å². The molecular formula is C12H17NO5. The Kier molecular flexibility index (Phi) is 5.96. The van der Waals surface area contributed by atoms with Crippen molar-refractivity contribution in [2.45, 2.75) is 0 Å². The minimum atomic E-state index is -0.386. The highest BCUT2D eigenvalue weighted by Gasteiger charge is 2.11. The molecule has 0 radical (unpaired) electrons. The molecule has 6 nitrogen and oxygen atoms in total. The van der Waals surface area contributed by atoms with Gasteiger partial charge in [0.05, 0.1) is 32.5 Å². The summed E-state index contributed by atoms with van der Waals surface area (Å²) >= 11 is 0. The quantitative estimate of drug-likeness (QED) is 0.603. The summed E-state index contributed by atoms with van der Waals surface area (Å²) in [5.74, 6) is -0.0405. The Labute approximate surface area is 105 Å². The molecule has 1 aromatic rings. The van der Waals surface area contributed by atoms with Crippen molar-refractivity contribution in [3.05, 3.63) is 23.8 Å². The van der Waals surface area contributed by atoms with Crippen LogP contribution in [0.5, 0.6) is 11.5 Å². The van der Waals surface area contributed by atoms with Gasteiger partial charge in [-0.1, -0.05) is 0 Å². The van der Waals surface area contributed by atoms with Crippen LogP contribution in [-0.4, -0.2) is 49.6 Å². The summed E-state index contributed by atoms with van der Waals surface area (Å²) in [5, 5.41) is 20.7. The van der Waals surface area contributed by atoms with Gasteiger partial charge in [-0.05, 0) is 12.1 Å². The maximum Gasteiger partial charge on any atom is 0.255 e. The molecule has 1 amide bonds. The highest BCUT2D eigenvalue weighted by Crippen LogP contribution is 2.22. The van der Waals surface area contributed by atoms with E-state index in [1.54, 1.807) is 6.07 Å². The third-order valence-electron chi connectivity index (χ3n) is 2.22. The minimum absolute atomic E-state index is 0.0484. The van der Waals surface area contributed by atoms with Gasteiger partial charge in [0.25, 0.3) is 5.91 Å². The van der Waals surface area contributed by atoms with Crippen LogP contribution in [0.4, 0.5) is 0 Å². The van der Waals surface area contributed by atoms with Crippen LogP contribution in [0.3, 0.4) is 0 Å². The Balaban J connectivity index is 2.46. The van der Waals surface area contributed by atoms with Crippen molar-refractivity contribution >= 4 is 5.91 Å². The fourth-order valence-corrected chi connectivity index (χ4v) is 1.33. The van der Waals surface area contributed by atoms with Gasteiger partial charge in [0.1, 0.15) is 11.5 Å². The first-order valence-corrected chi connectivity index (χ1v) is 5.53. The number of aliphatic hydroxyl groups excluding tert-OH is 1. The average Bonchev–Trinajstić information content (AvgIpc) is 2.38. The van der Waals surface area contributed by atoms with Crippen LogP contribution in [-0.2, 0) is 4.74 Å². The minimum Gasteiger partial charge on any atom is -0.507 e. The molecular weight excluding hydrogens is 238 g/mol. The van der Waals surface area contributed by atoms with E-state index in [9.17, 15) is 9.90 Å². The molecule has 100 valence electrons. The highest BCUT2D eigenvalue weighted by molar-refractivity contribution is 5.96. The van der Waals surface area contributed by atoms with Crippen LogP contribution in [0.1, 0.15) is 10.4 Å². The smallest absolute Gasteiger partial charge is 0.255 e. The van der Waals surface area contributed by atoms with Gasteiger partial charge in [-0.2, -0.15) is 0 Å². The van der Waals surface area contributed by atoms with E-state index in [0.717, 1.165) is 0 Å². The summed E-state index contributed by atoms with van der Waals surface area (Å²) in [7, 11) is 1.48. The van der Waals surface area contributed by atoms with E-state index >= 15 is 0 Å². The molecule has 0 aliphatic rings. The number of hydrogen-bond acceptors (Lipinski definition) is 5. The molecule has 0 atom stereocenters. The first kappa shape index (κ1) is 14.3. The number of nitrogens with one attached hydrogen (secondary N) is 1. The molecule has 18 heavy (non-hydrogen) atoms. The Morgan fingerprint density at radius 1 is 1.39 bits per heavy atom. The number of methoxy groups -OCH3 is 1. The Bertz CT molecular complexity index is 394. The van der Waals surface area contributed by atoms with Gasteiger partial charge < -0.3 is 25.0 Å². The molecule has 0 unspecified atom stereocenters. The molecule has 0 aliphatic heterocycles. The molecule has 0 saturated carbocycles. The molecule has 0 bridgehead atoms. The first-order valence-electron chi connectivity index (χ1n) is 5.53. The fraction of sp³-hybridized carbons (Fsp3) is 0.417. The molecule has 0 saturated heterocycles. The van der Waals surface area contributed by atoms with E-state index in [-0.39, 0.29) is 30.4 Å². The molecule has 6 heteroatoms. The predicted molar refractivity (Wildman–Crippen MR) is 64.9 cm³/mol. The number of benzene rings is 1. The normalized spacial score (nSPS) is 10.1. The van der Waals surface area contributed by atoms with E-state index < -0.39 is 0 Å². The average molecular weight is 255 g/mol. The molecule has 0 aliphatic carbocycles. The Hall–Kier alpha value is -1.79. The second-order valence-corrected chi connectivity index (χ2v) is 3.47. The number of aromatic hydroxyl groups is 1. The molecule has 0 heterocycles. The summed E-state index contributed by atoms with van der Waals surface area (Å²) in [6, 6.07) is 4.45. The molecule has 0 aromatic heterocycles. The number of aliphatic hydroxyl groups is 1. The van der Waals surface area contributed by atoms with E-state index in [0.29, 0.717) is 18.9 Å². The number of phenolic OH excluding ortho intramolecular Hbond substituents is 1. The number of carbonyl (C=O) groups excluding carboxylic acids is 1. The number of phenols is 1. The van der Waals surface area contributed by atoms with Crippen LogP contribution in [0.15, 0.2) is 18.2 Å². The van der Waals surface area contributed by atoms with Crippen molar-refractivity contribution < 1.29 is 24.5 Å². The topological polar surface area (TPSA) is 88.0 Å². The van der Waals surface area contributed by atoms with Gasteiger partial charge >= 0.3 is 0 Å². The lowest BCUT2D eigenvalue weighted by Crippen LogP contribution is -2.27. The van der Waals surface area contributed by atoms with Crippen molar-refractivity contribution in [1.29, 1.82) is 0 Å². The fourth-order valence-electron chi connectivity index (χ4n) is 1.33. The maximum atomic E-state index is 11.7. The summed E-state index contributed by atoms with van der Waals surface area (Å²) in [6.45, 7) is 0.810. The summed E-state index contributed by atoms with van der Waals surface area (Å²) in [4.78, 5) is 11.7. The van der Waals surface area contributed by atoms with Gasteiger partial charge in [-0.3, -0.25) is 4.79 Å². The van der Waals surface area contributed by atoms with Crippen molar-refractivity contribution in [2.24, 2.45) is 0 Å². The van der Waals surface area contributed by atoms with E-state index in [2.05, 4.69) is 5.32 Å². The van der Waals surface area contributed by atoms with Crippen LogP contribution in [0.2, 0.25) is 0 Å². The summed E-state index contributed by atoms with van der Waals surface area (Å²) in [5.41, 5.74) is 0.179. The van der Waals surface area contributed by atoms with E-state index in [1.807, 2.05) is 0 Å². The van der Waals surface area contributed by atoms with Gasteiger partial charge in [0.2, 0.25) is 0 Å². The second-order valence-electron chi connectivity index (χ2n) is 3.47. The van der Waals surface area contributed by atoms with Crippen LogP contribution in [0, 0.1) is 0 Å². The van der Waals surface area contributed by atoms with Crippen LogP contribution in [0.25, 0.3) is 0 Å². The van der Waals surface area contributed by atoms with Gasteiger partial charge in [0, 0.05) is 12.6 Å². The number of ether oxygens (including phenoxy) is 2. The largest absolute Gasteiger partial charge is 0.507 e. The monoisotopic (exact) mass is 255 g/mol. The lowest BCUT2D eigenvalue weighted by atomic mass is 10.2. The third-order valence-corrected chi connectivity index (χ3v) is 2.22. The Morgan fingerprint density at radius 2 is 2.17 bits per heavy atom. The lowest BCUT2D eigenvalue weighted by Gasteiger charge is -2.08. The van der Waals surface area contributed by atoms with Crippen molar-refractivity contribution in [3.63, 3.8) is 0 Å². The van der Waals surface area contributed by atoms with E-state index in [4.69, 9.17) is 14.6 Å². The molecule has 1 aromatic carbocycles. The third kappa shape index (κ3) is 4.23. The van der Waals surface area contributed by atoms with E-state index in [1.165, 1.54) is 19.2 Å². The van der Waals surface area contributed by atoms with Gasteiger partial charge in [-0.15, -0.1) is 0 Å². The highest BCUT2D eigenvalue weighted by atomic mass is 16.5. The van der Waals surface area contributed by atoms with Gasteiger partial charge in [-0.25, -0.2) is 0 Å². The maximum absolute atomic E-state index is 11.7. The molecule has 1 rings (SSSR count). The zero-order valence-electron chi connectivity index (χ0n) is 10.2. The summed E-state index contributed by atoms with van der Waals surface area (Å²) < 4.78 is 9.91. The summed E-state index contributed by atoms with van der Waals surface area (Å²) in [6.07, 6.45) is 0. The number of amides is 1. The van der Waals surface area contributed by atoms with Crippen molar-refractivity contribution in [1.82, 2.24) is 5.32 Å². The number of rotatable bonds is 7. The van der Waals surface area contributed by atoms with Crippen LogP contribution < -0.4 is 10.1 Å². The number of carbonyl (C=O) groups is 1. The standard InChI is InChI=1S/C12H17NO5/c1-17-9-2-3-10(11(15)8-9)12(16)13-4-6-18-7-5-14/h2-3,8,14-15H,4-7H2,1H3,(H,13,16). The number of hydrogen-bond donors (Lipinski definition) is 3. The molecule has 0 fully saturated rings. The first-order chi connectivity index (χ1) is 8.69. The second kappa shape index (κ2) is 7.52. The lowest BCUT2D eigenvalue weighted by molar-refractivity contribution is 0.0836. The van der Waals surface area contributed by atoms with Crippen LogP contribution >= 0.6 is 0 Å². The SMILES string of the molecule is COc1ccc(C(=O)NCCOCCO)c(O)c1. The Morgan fingerprint density at radius 3 is 2.78 bits per heavy atom. The zero-order valence-corrected chi connectivity index (χ0v) is 10.2. The van der Waals surface area contributed by atoms with Gasteiger partial charge in [0.15, 0.2) is 0 Å². The van der Waals surface area contributed by atoms with Crippen molar-refractivity contribution in [2.75, 3.05) is 33.5 Å². The predicted octanol–water partition coefficient (Wildman–Crippen LogP) is 0.139. The zero-order chi connectivity index (χ0) is 13.4. The molecule has 3 N–H and O–H groups in total.